The number of nitrogens with one attached hydrogen (secondary N) is 2. The molecular weight excluding hydrogens is 304 g/mol. The molecule has 128 valence electrons. The van der Waals surface area contributed by atoms with Crippen molar-refractivity contribution >= 4 is 6.03 Å². The lowest BCUT2D eigenvalue weighted by Gasteiger charge is -2.22. The molecule has 24 heavy (non-hydrogen) atoms. The molecule has 5 nitrogen and oxygen atoms in total. The van der Waals surface area contributed by atoms with Gasteiger partial charge in [0.15, 0.2) is 0 Å². The summed E-state index contributed by atoms with van der Waals surface area (Å²) in [5, 5.41) is 16.1. The highest BCUT2D eigenvalue weighted by molar-refractivity contribution is 5.74. The van der Waals surface area contributed by atoms with Crippen molar-refractivity contribution in [3.63, 3.8) is 0 Å². The third-order valence-corrected chi connectivity index (χ3v) is 4.36. The lowest BCUT2D eigenvalue weighted by atomic mass is 10.0. The van der Waals surface area contributed by atoms with E-state index in [0.717, 1.165) is 18.4 Å². The van der Waals surface area contributed by atoms with E-state index in [-0.39, 0.29) is 18.1 Å². The van der Waals surface area contributed by atoms with Crippen molar-refractivity contribution in [1.29, 1.82) is 0 Å². The molecule has 3 N–H and O–H groups in total. The number of amides is 2. The molecular formula is C19H24N2O3. The first-order valence-electron chi connectivity index (χ1n) is 8.47. The summed E-state index contributed by atoms with van der Waals surface area (Å²) in [5.41, 5.74) is 1.14. The summed E-state index contributed by atoms with van der Waals surface area (Å²) in [6.45, 7) is 1.88. The fourth-order valence-corrected chi connectivity index (χ4v) is 2.96. The highest BCUT2D eigenvalue weighted by Crippen LogP contribution is 2.40. The number of hydrogen-bond donors (Lipinski definition) is 3. The number of aliphatic hydroxyl groups excluding tert-OH is 1. The van der Waals surface area contributed by atoms with Gasteiger partial charge in [0.2, 0.25) is 0 Å². The summed E-state index contributed by atoms with van der Waals surface area (Å²) in [5.74, 6) is 1.03. The van der Waals surface area contributed by atoms with E-state index in [4.69, 9.17) is 4.42 Å². The van der Waals surface area contributed by atoms with E-state index >= 15 is 0 Å². The van der Waals surface area contributed by atoms with E-state index in [9.17, 15) is 9.90 Å². The molecule has 2 amide bonds. The van der Waals surface area contributed by atoms with Crippen LogP contribution in [0.5, 0.6) is 0 Å². The predicted molar refractivity (Wildman–Crippen MR) is 91.3 cm³/mol. The number of carbonyl (C=O) groups is 1. The molecule has 2 aromatic rings. The zero-order valence-corrected chi connectivity index (χ0v) is 13.8. The van der Waals surface area contributed by atoms with Crippen LogP contribution in [0.3, 0.4) is 0 Å². The summed E-state index contributed by atoms with van der Waals surface area (Å²) in [6, 6.07) is 13.2. The number of carbonyl (C=O) groups excluding carboxylic acids is 1. The predicted octanol–water partition coefficient (Wildman–Crippen LogP) is 3.54. The fraction of sp³-hybridized carbons (Fsp3) is 0.421. The average Bonchev–Trinajstić information content (AvgIpc) is 3.25. The maximum absolute atomic E-state index is 12.3. The second kappa shape index (κ2) is 7.53. The summed E-state index contributed by atoms with van der Waals surface area (Å²) >= 11 is 0. The third kappa shape index (κ3) is 4.38. The Morgan fingerprint density at radius 3 is 2.58 bits per heavy atom. The van der Waals surface area contributed by atoms with Crippen LogP contribution in [0.25, 0.3) is 0 Å². The Bertz CT molecular complexity index is 638. The first-order chi connectivity index (χ1) is 11.6. The van der Waals surface area contributed by atoms with Gasteiger partial charge >= 0.3 is 6.03 Å². The first-order valence-corrected chi connectivity index (χ1v) is 8.47. The van der Waals surface area contributed by atoms with Crippen LogP contribution < -0.4 is 10.6 Å². The topological polar surface area (TPSA) is 74.5 Å². The highest BCUT2D eigenvalue weighted by atomic mass is 16.4. The van der Waals surface area contributed by atoms with Crippen molar-refractivity contribution in [2.45, 2.75) is 44.4 Å². The summed E-state index contributed by atoms with van der Waals surface area (Å²) in [4.78, 5) is 12.3. The van der Waals surface area contributed by atoms with Crippen molar-refractivity contribution in [2.75, 3.05) is 0 Å². The van der Waals surface area contributed by atoms with Gasteiger partial charge in [-0.05, 0) is 43.4 Å². The Morgan fingerprint density at radius 1 is 1.21 bits per heavy atom. The molecule has 3 unspecified atom stereocenters. The molecule has 1 aliphatic carbocycles. The first kappa shape index (κ1) is 16.6. The molecule has 1 aromatic heterocycles. The van der Waals surface area contributed by atoms with Gasteiger partial charge in [-0.3, -0.25) is 0 Å². The minimum atomic E-state index is -0.719. The van der Waals surface area contributed by atoms with Gasteiger partial charge in [0.25, 0.3) is 0 Å². The molecule has 0 radical (unpaired) electrons. The lowest BCUT2D eigenvalue weighted by Crippen LogP contribution is -2.43. The molecule has 0 saturated heterocycles. The normalized spacial score (nSPS) is 17.8. The number of benzene rings is 1. The molecule has 1 aromatic carbocycles. The Hall–Kier alpha value is -2.27. The fourth-order valence-electron chi connectivity index (χ4n) is 2.96. The second-order valence-corrected chi connectivity index (χ2v) is 6.51. The number of rotatable bonds is 7. The van der Waals surface area contributed by atoms with Crippen molar-refractivity contribution in [3.05, 3.63) is 60.1 Å². The Kier molecular flexibility index (Phi) is 5.20. The van der Waals surface area contributed by atoms with Crippen molar-refractivity contribution in [1.82, 2.24) is 10.6 Å². The van der Waals surface area contributed by atoms with Gasteiger partial charge in [0.1, 0.15) is 11.9 Å². The zero-order valence-electron chi connectivity index (χ0n) is 13.8. The maximum atomic E-state index is 12.3. The van der Waals surface area contributed by atoms with E-state index in [0.29, 0.717) is 18.1 Å². The van der Waals surface area contributed by atoms with Crippen molar-refractivity contribution < 1.29 is 14.3 Å². The molecule has 0 bridgehead atoms. The smallest absolute Gasteiger partial charge is 0.315 e. The number of furan rings is 1. The quantitative estimate of drug-likeness (QED) is 0.728. The molecule has 1 heterocycles. The summed E-state index contributed by atoms with van der Waals surface area (Å²) in [7, 11) is 0. The Balaban J connectivity index is 1.52. The minimum absolute atomic E-state index is 0.0494. The van der Waals surface area contributed by atoms with Gasteiger partial charge in [-0.2, -0.15) is 0 Å². The van der Waals surface area contributed by atoms with E-state index in [1.165, 1.54) is 6.26 Å². The second-order valence-electron chi connectivity index (χ2n) is 6.51. The van der Waals surface area contributed by atoms with E-state index < -0.39 is 6.10 Å². The molecule has 3 rings (SSSR count). The summed E-state index contributed by atoms with van der Waals surface area (Å²) in [6.07, 6.45) is 3.51. The van der Waals surface area contributed by atoms with Crippen LogP contribution in [0.2, 0.25) is 0 Å². The van der Waals surface area contributed by atoms with Gasteiger partial charge in [0, 0.05) is 12.5 Å². The van der Waals surface area contributed by atoms with Gasteiger partial charge in [0.05, 0.1) is 12.3 Å². The lowest BCUT2D eigenvalue weighted by molar-refractivity contribution is 0.129. The third-order valence-electron chi connectivity index (χ3n) is 4.36. The van der Waals surface area contributed by atoms with Crippen LogP contribution >= 0.6 is 0 Å². The van der Waals surface area contributed by atoms with Gasteiger partial charge in [-0.25, -0.2) is 4.79 Å². The molecule has 1 saturated carbocycles. The van der Waals surface area contributed by atoms with Gasteiger partial charge in [-0.1, -0.05) is 30.3 Å². The average molecular weight is 328 g/mol. The molecule has 0 spiro atoms. The highest BCUT2D eigenvalue weighted by Gasteiger charge is 2.33. The van der Waals surface area contributed by atoms with Crippen LogP contribution in [0.4, 0.5) is 4.79 Å². The van der Waals surface area contributed by atoms with Crippen LogP contribution in [0.1, 0.15) is 49.7 Å². The van der Waals surface area contributed by atoms with Crippen LogP contribution in [-0.2, 0) is 0 Å². The van der Waals surface area contributed by atoms with Crippen LogP contribution in [0, 0.1) is 5.92 Å². The Labute approximate surface area is 142 Å². The molecule has 5 heteroatoms. The molecule has 3 atom stereocenters. The molecule has 0 aliphatic heterocycles. The maximum Gasteiger partial charge on any atom is 0.315 e. The SMILES string of the molecule is CC(CC(O)c1ccco1)NC(=O)NC(c1ccccc1)C1CC1. The van der Waals surface area contributed by atoms with E-state index in [2.05, 4.69) is 10.6 Å². The van der Waals surface area contributed by atoms with E-state index in [1.54, 1.807) is 12.1 Å². The van der Waals surface area contributed by atoms with E-state index in [1.807, 2.05) is 37.3 Å². The Morgan fingerprint density at radius 2 is 1.96 bits per heavy atom. The number of urea groups is 1. The van der Waals surface area contributed by atoms with Crippen LogP contribution in [-0.4, -0.2) is 17.2 Å². The largest absolute Gasteiger partial charge is 0.467 e. The van der Waals surface area contributed by atoms with Crippen molar-refractivity contribution in [2.24, 2.45) is 5.92 Å². The monoisotopic (exact) mass is 328 g/mol. The minimum Gasteiger partial charge on any atom is -0.467 e. The van der Waals surface area contributed by atoms with Gasteiger partial charge < -0.3 is 20.2 Å². The number of hydrogen-bond acceptors (Lipinski definition) is 3. The molecule has 1 fully saturated rings. The van der Waals surface area contributed by atoms with Crippen molar-refractivity contribution in [3.8, 4) is 0 Å². The van der Waals surface area contributed by atoms with Crippen LogP contribution in [0.15, 0.2) is 53.1 Å². The van der Waals surface area contributed by atoms with Gasteiger partial charge in [-0.15, -0.1) is 0 Å². The molecule has 1 aliphatic rings. The number of aliphatic hydroxyl groups is 1. The summed E-state index contributed by atoms with van der Waals surface area (Å²) < 4.78 is 5.18. The standard InChI is InChI=1S/C19H24N2O3/c1-13(12-16(22)17-8-5-11-24-17)20-19(23)21-18(15-9-10-15)14-6-3-2-4-7-14/h2-8,11,13,15-16,18,22H,9-10,12H2,1H3,(H2,20,21,23). The zero-order chi connectivity index (χ0) is 16.9.